The summed E-state index contributed by atoms with van der Waals surface area (Å²) in [5.74, 6) is 0.559. The van der Waals surface area contributed by atoms with Crippen LogP contribution in [0.1, 0.15) is 16.7 Å². The fourth-order valence-corrected chi connectivity index (χ4v) is 1.72. The van der Waals surface area contributed by atoms with Crippen LogP contribution >= 0.6 is 0 Å². The maximum absolute atomic E-state index is 12.7. The van der Waals surface area contributed by atoms with Gasteiger partial charge in [0.2, 0.25) is 0 Å². The molecular weight excluding hydrogens is 269 g/mol. The first-order valence-corrected chi connectivity index (χ1v) is 5.73. The second-order valence-electron chi connectivity index (χ2n) is 4.26. The predicted octanol–water partition coefficient (Wildman–Crippen LogP) is 2.92. The van der Waals surface area contributed by atoms with Gasteiger partial charge in [-0.05, 0) is 23.8 Å². The summed E-state index contributed by atoms with van der Waals surface area (Å²) >= 11 is 0. The van der Waals surface area contributed by atoms with Crippen LogP contribution in [0.15, 0.2) is 30.5 Å². The third kappa shape index (κ3) is 3.29. The molecule has 0 atom stereocenters. The summed E-state index contributed by atoms with van der Waals surface area (Å²) in [6, 6.07) is 6.73. The quantitative estimate of drug-likeness (QED) is 0.940. The zero-order chi connectivity index (χ0) is 14.8. The summed E-state index contributed by atoms with van der Waals surface area (Å²) in [7, 11) is 1.74. The molecule has 0 aliphatic rings. The first-order valence-electron chi connectivity index (χ1n) is 5.73. The smallest absolute Gasteiger partial charge is 0.365 e. The summed E-state index contributed by atoms with van der Waals surface area (Å²) in [5.41, 5.74) is -0.464. The van der Waals surface area contributed by atoms with Gasteiger partial charge in [0.05, 0.1) is 17.2 Å². The lowest BCUT2D eigenvalue weighted by atomic mass is 10.1. The predicted molar refractivity (Wildman–Crippen MR) is 66.7 cm³/mol. The lowest BCUT2D eigenvalue weighted by Crippen LogP contribution is -2.08. The van der Waals surface area contributed by atoms with Crippen LogP contribution < -0.4 is 5.32 Å². The van der Waals surface area contributed by atoms with Gasteiger partial charge in [-0.15, -0.1) is 0 Å². The average molecular weight is 280 g/mol. The minimum atomic E-state index is -4.47. The van der Waals surface area contributed by atoms with E-state index in [2.05, 4.69) is 10.4 Å². The molecule has 0 aliphatic heterocycles. The van der Waals surface area contributed by atoms with Gasteiger partial charge in [0.25, 0.3) is 0 Å². The van der Waals surface area contributed by atoms with E-state index in [1.165, 1.54) is 6.07 Å². The molecule has 0 radical (unpaired) electrons. The van der Waals surface area contributed by atoms with Crippen molar-refractivity contribution < 1.29 is 13.2 Å². The van der Waals surface area contributed by atoms with Crippen molar-refractivity contribution in [3.05, 3.63) is 47.2 Å². The molecule has 0 amide bonds. The fraction of sp³-hybridized carbons (Fsp3) is 0.231. The van der Waals surface area contributed by atoms with Crippen LogP contribution in [0, 0.1) is 11.3 Å². The van der Waals surface area contributed by atoms with E-state index in [9.17, 15) is 13.2 Å². The van der Waals surface area contributed by atoms with E-state index in [-0.39, 0.29) is 12.1 Å². The molecule has 0 bridgehead atoms. The molecule has 104 valence electrons. The van der Waals surface area contributed by atoms with Crippen molar-refractivity contribution >= 4 is 5.82 Å². The van der Waals surface area contributed by atoms with Gasteiger partial charge in [-0.3, -0.25) is 4.68 Å². The number of nitrogens with one attached hydrogen (secondary N) is 1. The van der Waals surface area contributed by atoms with Crippen molar-refractivity contribution in [3.63, 3.8) is 0 Å². The Bertz CT molecular complexity index is 652. The Morgan fingerprint density at radius 2 is 2.10 bits per heavy atom. The van der Waals surface area contributed by atoms with Crippen molar-refractivity contribution in [1.29, 1.82) is 5.26 Å². The highest BCUT2D eigenvalue weighted by Gasteiger charge is 2.31. The molecule has 2 aromatic rings. The first kappa shape index (κ1) is 13.9. The first-order chi connectivity index (χ1) is 9.38. The minimum absolute atomic E-state index is 0.0161. The van der Waals surface area contributed by atoms with E-state index in [1.807, 2.05) is 0 Å². The van der Waals surface area contributed by atoms with E-state index in [1.54, 1.807) is 30.1 Å². The highest BCUT2D eigenvalue weighted by atomic mass is 19.4. The van der Waals surface area contributed by atoms with Gasteiger partial charge in [0.15, 0.2) is 0 Å². The lowest BCUT2D eigenvalue weighted by Gasteiger charge is -2.10. The fourth-order valence-electron chi connectivity index (χ4n) is 1.72. The Morgan fingerprint density at radius 1 is 1.35 bits per heavy atom. The second kappa shape index (κ2) is 5.25. The number of nitrogens with zero attached hydrogens (tertiary/aromatic N) is 3. The largest absolute Gasteiger partial charge is 0.416 e. The third-order valence-electron chi connectivity index (χ3n) is 2.64. The Balaban J connectivity index is 2.21. The molecule has 0 unspecified atom stereocenters. The van der Waals surface area contributed by atoms with Gasteiger partial charge < -0.3 is 5.32 Å². The minimum Gasteiger partial charge on any atom is -0.365 e. The van der Waals surface area contributed by atoms with Gasteiger partial charge in [0, 0.05) is 25.9 Å². The van der Waals surface area contributed by atoms with E-state index in [0.29, 0.717) is 11.4 Å². The Hall–Kier alpha value is -2.49. The van der Waals surface area contributed by atoms with Crippen LogP contribution in [0.2, 0.25) is 0 Å². The molecule has 20 heavy (non-hydrogen) atoms. The topological polar surface area (TPSA) is 53.6 Å². The number of aryl methyl sites for hydroxylation is 1. The number of hydrogen-bond acceptors (Lipinski definition) is 3. The molecular formula is C13H11F3N4. The van der Waals surface area contributed by atoms with Crippen LogP contribution in [0.25, 0.3) is 0 Å². The molecule has 2 rings (SSSR count). The maximum Gasteiger partial charge on any atom is 0.416 e. The van der Waals surface area contributed by atoms with E-state index in [4.69, 9.17) is 5.26 Å². The van der Waals surface area contributed by atoms with Gasteiger partial charge >= 0.3 is 6.18 Å². The molecule has 7 heteroatoms. The Labute approximate surface area is 113 Å². The van der Waals surface area contributed by atoms with Crippen molar-refractivity contribution in [1.82, 2.24) is 9.78 Å². The van der Waals surface area contributed by atoms with E-state index in [0.717, 1.165) is 12.1 Å². The van der Waals surface area contributed by atoms with Crippen LogP contribution in [-0.4, -0.2) is 9.78 Å². The van der Waals surface area contributed by atoms with Crippen molar-refractivity contribution in [2.45, 2.75) is 12.7 Å². The molecule has 1 heterocycles. The molecule has 1 aromatic heterocycles. The molecule has 0 spiro atoms. The number of alkyl halides is 3. The maximum atomic E-state index is 12.7. The summed E-state index contributed by atoms with van der Waals surface area (Å²) in [4.78, 5) is 0. The number of benzene rings is 1. The molecule has 0 saturated heterocycles. The van der Waals surface area contributed by atoms with Crippen molar-refractivity contribution in [2.24, 2.45) is 7.05 Å². The van der Waals surface area contributed by atoms with Gasteiger partial charge in [-0.25, -0.2) is 0 Å². The van der Waals surface area contributed by atoms with E-state index < -0.39 is 11.7 Å². The highest BCUT2D eigenvalue weighted by molar-refractivity contribution is 5.41. The van der Waals surface area contributed by atoms with E-state index >= 15 is 0 Å². The lowest BCUT2D eigenvalue weighted by molar-refractivity contribution is -0.137. The normalized spacial score (nSPS) is 11.2. The summed E-state index contributed by atoms with van der Waals surface area (Å²) in [6.45, 7) is 0.162. The standard InChI is InChI=1S/C13H11F3N4/c1-20-3-2-12(19-20)18-8-10-4-9(7-17)5-11(6-10)13(14,15)16/h2-6H,8H2,1H3,(H,18,19). The monoisotopic (exact) mass is 280 g/mol. The number of halogens is 3. The number of nitriles is 1. The second-order valence-corrected chi connectivity index (χ2v) is 4.26. The Kier molecular flexibility index (Phi) is 3.66. The summed E-state index contributed by atoms with van der Waals surface area (Å²) in [6.07, 6.45) is -2.75. The van der Waals surface area contributed by atoms with Crippen molar-refractivity contribution in [2.75, 3.05) is 5.32 Å². The molecule has 1 N–H and O–H groups in total. The van der Waals surface area contributed by atoms with Crippen molar-refractivity contribution in [3.8, 4) is 6.07 Å². The SMILES string of the molecule is Cn1ccc(NCc2cc(C#N)cc(C(F)(F)F)c2)n1. The molecule has 0 fully saturated rings. The van der Waals surface area contributed by atoms with Gasteiger partial charge in [0.1, 0.15) is 5.82 Å². The van der Waals surface area contributed by atoms with Crippen LogP contribution in [0.4, 0.5) is 19.0 Å². The summed E-state index contributed by atoms with van der Waals surface area (Å²) < 4.78 is 39.7. The number of hydrogen-bond donors (Lipinski definition) is 1. The molecule has 0 saturated carbocycles. The average Bonchev–Trinajstić information content (AvgIpc) is 2.81. The number of aromatic nitrogens is 2. The third-order valence-corrected chi connectivity index (χ3v) is 2.64. The highest BCUT2D eigenvalue weighted by Crippen LogP contribution is 2.30. The van der Waals surface area contributed by atoms with Crippen LogP contribution in [-0.2, 0) is 19.8 Å². The zero-order valence-corrected chi connectivity index (χ0v) is 10.6. The molecule has 1 aromatic carbocycles. The number of rotatable bonds is 3. The van der Waals surface area contributed by atoms with Gasteiger partial charge in [-0.1, -0.05) is 0 Å². The molecule has 0 aliphatic carbocycles. The van der Waals surface area contributed by atoms with Crippen LogP contribution in [0.3, 0.4) is 0 Å². The summed E-state index contributed by atoms with van der Waals surface area (Å²) in [5, 5.41) is 15.7. The Morgan fingerprint density at radius 3 is 2.65 bits per heavy atom. The molecule has 4 nitrogen and oxygen atoms in total. The van der Waals surface area contributed by atoms with Gasteiger partial charge in [-0.2, -0.15) is 23.5 Å². The number of anilines is 1. The van der Waals surface area contributed by atoms with Crippen LogP contribution in [0.5, 0.6) is 0 Å². The zero-order valence-electron chi connectivity index (χ0n) is 10.6.